The van der Waals surface area contributed by atoms with Crippen molar-refractivity contribution in [2.24, 2.45) is 0 Å². The van der Waals surface area contributed by atoms with Crippen molar-refractivity contribution in [3.8, 4) is 0 Å². The lowest BCUT2D eigenvalue weighted by Crippen LogP contribution is -2.42. The molecule has 0 radical (unpaired) electrons. The zero-order valence-electron chi connectivity index (χ0n) is 12.0. The molecule has 3 nitrogen and oxygen atoms in total. The van der Waals surface area contributed by atoms with Gasteiger partial charge in [-0.3, -0.25) is 4.79 Å². The molecule has 0 aliphatic heterocycles. The van der Waals surface area contributed by atoms with E-state index in [0.29, 0.717) is 18.5 Å². The van der Waals surface area contributed by atoms with Gasteiger partial charge in [-0.25, -0.2) is 4.39 Å². The van der Waals surface area contributed by atoms with Crippen molar-refractivity contribution >= 4 is 5.91 Å². The maximum Gasteiger partial charge on any atom is 0.232 e. The van der Waals surface area contributed by atoms with Gasteiger partial charge in [0, 0.05) is 13.6 Å². The molecule has 0 saturated heterocycles. The largest absolute Gasteiger partial charge is 0.393 e. The van der Waals surface area contributed by atoms with E-state index in [0.717, 1.165) is 0 Å². The Morgan fingerprint density at radius 3 is 2.63 bits per heavy atom. The summed E-state index contributed by atoms with van der Waals surface area (Å²) in [5.74, 6) is -0.427. The maximum absolute atomic E-state index is 13.3. The van der Waals surface area contributed by atoms with Crippen LogP contribution in [-0.2, 0) is 10.2 Å². The minimum Gasteiger partial charge on any atom is -0.393 e. The number of aliphatic hydroxyl groups excluding tert-OH is 1. The molecule has 1 aromatic carbocycles. The van der Waals surface area contributed by atoms with Crippen molar-refractivity contribution in [3.05, 3.63) is 35.6 Å². The van der Waals surface area contributed by atoms with Crippen molar-refractivity contribution in [2.45, 2.75) is 38.7 Å². The number of hydrogen-bond donors (Lipinski definition) is 1. The Morgan fingerprint density at radius 2 is 2.11 bits per heavy atom. The Bertz CT molecular complexity index is 444. The fraction of sp³-hybridized carbons (Fsp3) is 0.533. The van der Waals surface area contributed by atoms with E-state index in [1.54, 1.807) is 44.9 Å². The summed E-state index contributed by atoms with van der Waals surface area (Å²) in [6.07, 6.45) is 0.0918. The molecule has 0 heterocycles. The third-order valence-corrected chi connectivity index (χ3v) is 3.31. The molecular weight excluding hydrogens is 245 g/mol. The SMILES string of the molecule is CC(O)CCN(C)C(=O)C(C)(C)c1cccc(F)c1. The molecular formula is C15H22FNO2. The van der Waals surface area contributed by atoms with Crippen molar-refractivity contribution in [1.29, 1.82) is 0 Å². The first-order valence-electron chi connectivity index (χ1n) is 6.45. The molecule has 1 N–H and O–H groups in total. The Hall–Kier alpha value is -1.42. The average Bonchev–Trinajstić information content (AvgIpc) is 2.34. The monoisotopic (exact) mass is 267 g/mol. The Balaban J connectivity index is 2.84. The fourth-order valence-corrected chi connectivity index (χ4v) is 1.96. The van der Waals surface area contributed by atoms with Crippen LogP contribution in [0.25, 0.3) is 0 Å². The smallest absolute Gasteiger partial charge is 0.232 e. The van der Waals surface area contributed by atoms with Crippen molar-refractivity contribution < 1.29 is 14.3 Å². The van der Waals surface area contributed by atoms with Crippen LogP contribution in [0.3, 0.4) is 0 Å². The Labute approximate surface area is 114 Å². The number of amides is 1. The molecule has 0 saturated carbocycles. The van der Waals surface area contributed by atoms with Gasteiger partial charge in [0.2, 0.25) is 5.91 Å². The second kappa shape index (κ2) is 6.15. The molecule has 0 aromatic heterocycles. The molecule has 1 rings (SSSR count). The van der Waals surface area contributed by atoms with E-state index >= 15 is 0 Å². The van der Waals surface area contributed by atoms with Gasteiger partial charge in [-0.15, -0.1) is 0 Å². The van der Waals surface area contributed by atoms with Crippen molar-refractivity contribution in [3.63, 3.8) is 0 Å². The van der Waals surface area contributed by atoms with E-state index in [9.17, 15) is 14.3 Å². The van der Waals surface area contributed by atoms with Crippen molar-refractivity contribution in [1.82, 2.24) is 4.90 Å². The van der Waals surface area contributed by atoms with Gasteiger partial charge in [-0.05, 0) is 44.9 Å². The number of carbonyl (C=O) groups excluding carboxylic acids is 1. The lowest BCUT2D eigenvalue weighted by atomic mass is 9.83. The summed E-state index contributed by atoms with van der Waals surface area (Å²) < 4.78 is 13.3. The number of benzene rings is 1. The Kier molecular flexibility index (Phi) is 5.06. The van der Waals surface area contributed by atoms with Gasteiger partial charge in [-0.2, -0.15) is 0 Å². The van der Waals surface area contributed by atoms with E-state index in [1.165, 1.54) is 12.1 Å². The van der Waals surface area contributed by atoms with Crippen LogP contribution in [0.15, 0.2) is 24.3 Å². The number of hydrogen-bond acceptors (Lipinski definition) is 2. The van der Waals surface area contributed by atoms with E-state index in [-0.39, 0.29) is 11.7 Å². The first kappa shape index (κ1) is 15.6. The van der Waals surface area contributed by atoms with Gasteiger partial charge in [-0.1, -0.05) is 12.1 Å². The highest BCUT2D eigenvalue weighted by Crippen LogP contribution is 2.26. The topological polar surface area (TPSA) is 40.5 Å². The highest BCUT2D eigenvalue weighted by Gasteiger charge is 2.32. The first-order valence-corrected chi connectivity index (χ1v) is 6.45. The number of aliphatic hydroxyl groups is 1. The van der Waals surface area contributed by atoms with Gasteiger partial charge in [0.1, 0.15) is 5.82 Å². The predicted molar refractivity (Wildman–Crippen MR) is 73.4 cm³/mol. The number of carbonyl (C=O) groups is 1. The fourth-order valence-electron chi connectivity index (χ4n) is 1.96. The van der Waals surface area contributed by atoms with Crippen LogP contribution in [0.1, 0.15) is 32.8 Å². The van der Waals surface area contributed by atoms with Gasteiger partial charge in [0.15, 0.2) is 0 Å². The van der Waals surface area contributed by atoms with Gasteiger partial charge in [0.05, 0.1) is 11.5 Å². The summed E-state index contributed by atoms with van der Waals surface area (Å²) in [4.78, 5) is 14.0. The summed E-state index contributed by atoms with van der Waals surface area (Å²) in [5, 5.41) is 9.25. The molecule has 1 atom stereocenters. The van der Waals surface area contributed by atoms with Crippen LogP contribution in [0.5, 0.6) is 0 Å². The second-order valence-electron chi connectivity index (χ2n) is 5.50. The second-order valence-corrected chi connectivity index (χ2v) is 5.50. The molecule has 1 unspecified atom stereocenters. The highest BCUT2D eigenvalue weighted by molar-refractivity contribution is 5.87. The molecule has 0 fully saturated rings. The minimum atomic E-state index is -0.782. The number of nitrogens with zero attached hydrogens (tertiary/aromatic N) is 1. The number of rotatable bonds is 5. The molecule has 4 heteroatoms. The molecule has 0 bridgehead atoms. The van der Waals surface area contributed by atoms with E-state index in [2.05, 4.69) is 0 Å². The van der Waals surface area contributed by atoms with Gasteiger partial charge in [0.25, 0.3) is 0 Å². The van der Waals surface area contributed by atoms with E-state index in [4.69, 9.17) is 0 Å². The third-order valence-electron chi connectivity index (χ3n) is 3.31. The van der Waals surface area contributed by atoms with Crippen LogP contribution in [0.4, 0.5) is 4.39 Å². The van der Waals surface area contributed by atoms with Crippen LogP contribution in [-0.4, -0.2) is 35.6 Å². The summed E-state index contributed by atoms with van der Waals surface area (Å²) in [6.45, 7) is 5.73. The zero-order chi connectivity index (χ0) is 14.6. The molecule has 0 aliphatic carbocycles. The summed E-state index contributed by atoms with van der Waals surface area (Å²) in [6, 6.07) is 6.11. The zero-order valence-corrected chi connectivity index (χ0v) is 12.0. The summed E-state index contributed by atoms with van der Waals surface area (Å²) in [5.41, 5.74) is -0.128. The first-order chi connectivity index (χ1) is 8.75. The lowest BCUT2D eigenvalue weighted by Gasteiger charge is -2.30. The molecule has 19 heavy (non-hydrogen) atoms. The van der Waals surface area contributed by atoms with Gasteiger partial charge < -0.3 is 10.0 Å². The molecule has 1 aromatic rings. The quantitative estimate of drug-likeness (QED) is 0.889. The van der Waals surface area contributed by atoms with Crippen LogP contribution >= 0.6 is 0 Å². The third kappa shape index (κ3) is 4.03. The van der Waals surface area contributed by atoms with Crippen LogP contribution in [0, 0.1) is 5.82 Å². The summed E-state index contributed by atoms with van der Waals surface area (Å²) >= 11 is 0. The van der Waals surface area contributed by atoms with E-state index < -0.39 is 11.5 Å². The minimum absolute atomic E-state index is 0.0845. The molecule has 0 spiro atoms. The molecule has 0 aliphatic rings. The van der Waals surface area contributed by atoms with Crippen LogP contribution < -0.4 is 0 Å². The number of halogens is 1. The summed E-state index contributed by atoms with van der Waals surface area (Å²) in [7, 11) is 1.70. The molecule has 1 amide bonds. The van der Waals surface area contributed by atoms with Gasteiger partial charge >= 0.3 is 0 Å². The average molecular weight is 267 g/mol. The standard InChI is InChI=1S/C15H22FNO2/c1-11(18)8-9-17(4)14(19)15(2,3)12-6-5-7-13(16)10-12/h5-7,10-11,18H,8-9H2,1-4H3. The maximum atomic E-state index is 13.3. The Morgan fingerprint density at radius 1 is 1.47 bits per heavy atom. The van der Waals surface area contributed by atoms with Crippen LogP contribution in [0.2, 0.25) is 0 Å². The lowest BCUT2D eigenvalue weighted by molar-refractivity contribution is -0.135. The van der Waals surface area contributed by atoms with E-state index in [1.807, 2.05) is 0 Å². The molecule has 106 valence electrons. The normalized spacial score (nSPS) is 13.2. The highest BCUT2D eigenvalue weighted by atomic mass is 19.1. The predicted octanol–water partition coefficient (Wildman–Crippen LogP) is 2.33. The van der Waals surface area contributed by atoms with Crippen molar-refractivity contribution in [2.75, 3.05) is 13.6 Å². The number of likely N-dealkylation sites (N-methyl/N-ethyl adjacent to an activating group) is 1.